The molecule has 132 valence electrons. The number of anilines is 1. The van der Waals surface area contributed by atoms with E-state index in [2.05, 4.69) is 17.4 Å². The van der Waals surface area contributed by atoms with Gasteiger partial charge in [0.05, 0.1) is 25.4 Å². The summed E-state index contributed by atoms with van der Waals surface area (Å²) in [5, 5.41) is 12.4. The highest BCUT2D eigenvalue weighted by Gasteiger charge is 2.30. The molecule has 1 unspecified atom stereocenters. The van der Waals surface area contributed by atoms with E-state index in [0.29, 0.717) is 18.0 Å². The number of urea groups is 1. The van der Waals surface area contributed by atoms with Crippen LogP contribution in [-0.2, 0) is 6.42 Å². The first kappa shape index (κ1) is 17.3. The first-order valence-electron chi connectivity index (χ1n) is 8.55. The van der Waals surface area contributed by atoms with Gasteiger partial charge in [-0.3, -0.25) is 0 Å². The molecule has 5 heteroatoms. The molecule has 0 fully saturated rings. The van der Waals surface area contributed by atoms with E-state index in [4.69, 9.17) is 4.74 Å². The van der Waals surface area contributed by atoms with E-state index < -0.39 is 0 Å². The number of benzene rings is 2. The number of nitrogens with one attached hydrogen (secondary N) is 1. The van der Waals surface area contributed by atoms with Gasteiger partial charge in [-0.05, 0) is 48.6 Å². The highest BCUT2D eigenvalue weighted by Crippen LogP contribution is 2.36. The van der Waals surface area contributed by atoms with Gasteiger partial charge in [-0.1, -0.05) is 30.3 Å². The molecule has 0 saturated carbocycles. The minimum absolute atomic E-state index is 0.0141. The number of carbonyl (C=O) groups is 1. The summed E-state index contributed by atoms with van der Waals surface area (Å²) in [6.45, 7) is 2.19. The molecule has 1 aliphatic carbocycles. The maximum Gasteiger partial charge on any atom is 0.322 e. The Kier molecular flexibility index (Phi) is 5.24. The predicted molar refractivity (Wildman–Crippen MR) is 98.0 cm³/mol. The lowest BCUT2D eigenvalue weighted by Crippen LogP contribution is -2.39. The van der Waals surface area contributed by atoms with E-state index in [-0.39, 0.29) is 18.7 Å². The smallest absolute Gasteiger partial charge is 0.322 e. The molecule has 0 aromatic heterocycles. The summed E-state index contributed by atoms with van der Waals surface area (Å²) < 4.78 is 5.37. The van der Waals surface area contributed by atoms with Crippen LogP contribution < -0.4 is 10.1 Å². The zero-order chi connectivity index (χ0) is 17.8. The number of hydrogen-bond donors (Lipinski definition) is 2. The Morgan fingerprint density at radius 1 is 1.32 bits per heavy atom. The van der Waals surface area contributed by atoms with Crippen molar-refractivity contribution in [3.8, 4) is 5.75 Å². The zero-order valence-corrected chi connectivity index (χ0v) is 14.7. The van der Waals surface area contributed by atoms with Crippen molar-refractivity contribution in [1.82, 2.24) is 4.90 Å². The van der Waals surface area contributed by atoms with Crippen molar-refractivity contribution in [3.05, 3.63) is 59.2 Å². The summed E-state index contributed by atoms with van der Waals surface area (Å²) >= 11 is 0. The van der Waals surface area contributed by atoms with Crippen LogP contribution in [-0.4, -0.2) is 36.3 Å². The summed E-state index contributed by atoms with van der Waals surface area (Å²) in [6, 6.07) is 13.6. The van der Waals surface area contributed by atoms with Crippen LogP contribution in [0.4, 0.5) is 10.5 Å². The van der Waals surface area contributed by atoms with Crippen molar-refractivity contribution in [1.29, 1.82) is 0 Å². The van der Waals surface area contributed by atoms with Crippen LogP contribution in [0, 0.1) is 6.92 Å². The lowest BCUT2D eigenvalue weighted by Gasteiger charge is -2.29. The highest BCUT2D eigenvalue weighted by molar-refractivity contribution is 5.91. The Morgan fingerprint density at radius 2 is 2.12 bits per heavy atom. The molecule has 1 aliphatic rings. The van der Waals surface area contributed by atoms with Gasteiger partial charge >= 0.3 is 6.03 Å². The van der Waals surface area contributed by atoms with Crippen LogP contribution in [0.1, 0.15) is 29.2 Å². The Bertz CT molecular complexity index is 760. The molecule has 0 saturated heterocycles. The topological polar surface area (TPSA) is 61.8 Å². The van der Waals surface area contributed by atoms with Gasteiger partial charge in [0.2, 0.25) is 0 Å². The fourth-order valence-corrected chi connectivity index (χ4v) is 3.45. The minimum Gasteiger partial charge on any atom is -0.495 e. The summed E-state index contributed by atoms with van der Waals surface area (Å²) in [7, 11) is 1.59. The van der Waals surface area contributed by atoms with E-state index in [1.165, 1.54) is 11.1 Å². The number of amides is 2. The number of nitrogens with zero attached hydrogens (tertiary/aromatic N) is 1. The van der Waals surface area contributed by atoms with E-state index in [0.717, 1.165) is 18.4 Å². The van der Waals surface area contributed by atoms with Crippen molar-refractivity contribution in [3.63, 3.8) is 0 Å². The molecule has 5 nitrogen and oxygen atoms in total. The normalized spacial score (nSPS) is 15.6. The zero-order valence-electron chi connectivity index (χ0n) is 14.7. The molecule has 2 aromatic rings. The maximum absolute atomic E-state index is 12.9. The van der Waals surface area contributed by atoms with E-state index in [1.54, 1.807) is 12.0 Å². The van der Waals surface area contributed by atoms with Crippen molar-refractivity contribution < 1.29 is 14.6 Å². The number of fused-ring (bicyclic) bond motifs is 1. The first-order chi connectivity index (χ1) is 12.1. The molecule has 0 bridgehead atoms. The fourth-order valence-electron chi connectivity index (χ4n) is 3.45. The molecule has 0 spiro atoms. The second kappa shape index (κ2) is 7.57. The van der Waals surface area contributed by atoms with Crippen LogP contribution in [0.3, 0.4) is 0 Å². The lowest BCUT2D eigenvalue weighted by molar-refractivity contribution is 0.162. The number of ether oxygens (including phenoxy) is 1. The molecule has 2 N–H and O–H groups in total. The Morgan fingerprint density at radius 3 is 2.88 bits per heavy atom. The van der Waals surface area contributed by atoms with Crippen molar-refractivity contribution in [2.24, 2.45) is 0 Å². The van der Waals surface area contributed by atoms with Crippen LogP contribution in [0.25, 0.3) is 0 Å². The largest absolute Gasteiger partial charge is 0.495 e. The summed E-state index contributed by atoms with van der Waals surface area (Å²) in [5.74, 6) is 0.629. The quantitative estimate of drug-likeness (QED) is 0.875. The second-order valence-electron chi connectivity index (χ2n) is 6.30. The number of hydrogen-bond acceptors (Lipinski definition) is 3. The number of rotatable bonds is 5. The van der Waals surface area contributed by atoms with Crippen LogP contribution in [0.2, 0.25) is 0 Å². The minimum atomic E-state index is -0.224. The van der Waals surface area contributed by atoms with Gasteiger partial charge in [0.15, 0.2) is 0 Å². The van der Waals surface area contributed by atoms with E-state index in [1.807, 2.05) is 37.3 Å². The Labute approximate surface area is 148 Å². The fraction of sp³-hybridized carbons (Fsp3) is 0.350. The predicted octanol–water partition coefficient (Wildman–Crippen LogP) is 3.52. The monoisotopic (exact) mass is 340 g/mol. The molecular weight excluding hydrogens is 316 g/mol. The molecule has 3 rings (SSSR count). The van der Waals surface area contributed by atoms with Gasteiger partial charge in [-0.2, -0.15) is 0 Å². The third kappa shape index (κ3) is 3.61. The summed E-state index contributed by atoms with van der Waals surface area (Å²) in [4.78, 5) is 14.6. The number of aliphatic hydroxyl groups excluding tert-OH is 1. The molecule has 2 amide bonds. The lowest BCUT2D eigenvalue weighted by atomic mass is 10.1. The Balaban J connectivity index is 1.83. The van der Waals surface area contributed by atoms with E-state index >= 15 is 0 Å². The number of aryl methyl sites for hydroxylation is 2. The molecule has 0 aliphatic heterocycles. The number of carbonyl (C=O) groups excluding carboxylic acids is 1. The average molecular weight is 340 g/mol. The molecule has 25 heavy (non-hydrogen) atoms. The Hall–Kier alpha value is -2.53. The molecule has 1 atom stereocenters. The van der Waals surface area contributed by atoms with Gasteiger partial charge < -0.3 is 20.1 Å². The van der Waals surface area contributed by atoms with Gasteiger partial charge in [0.25, 0.3) is 0 Å². The van der Waals surface area contributed by atoms with E-state index in [9.17, 15) is 9.90 Å². The highest BCUT2D eigenvalue weighted by atomic mass is 16.5. The van der Waals surface area contributed by atoms with Gasteiger partial charge in [0, 0.05) is 6.54 Å². The number of aliphatic hydroxyl groups is 1. The van der Waals surface area contributed by atoms with Gasteiger partial charge in [0.1, 0.15) is 5.75 Å². The number of methoxy groups -OCH3 is 1. The maximum atomic E-state index is 12.9. The van der Waals surface area contributed by atoms with Gasteiger partial charge in [-0.25, -0.2) is 4.79 Å². The summed E-state index contributed by atoms with van der Waals surface area (Å²) in [5.41, 5.74) is 4.14. The van der Waals surface area contributed by atoms with Crippen molar-refractivity contribution >= 4 is 11.7 Å². The van der Waals surface area contributed by atoms with Crippen LogP contribution in [0.5, 0.6) is 5.75 Å². The standard InChI is InChI=1S/C20H24N2O3/c1-14-7-9-17(19(13-14)25-2)21-20(24)22(11-12-23)18-10-8-15-5-3-4-6-16(15)18/h3-7,9,13,18,23H,8,10-12H2,1-2H3,(H,21,24). The third-order valence-corrected chi connectivity index (χ3v) is 4.68. The molecule has 0 radical (unpaired) electrons. The van der Waals surface area contributed by atoms with Crippen LogP contribution >= 0.6 is 0 Å². The molecule has 2 aromatic carbocycles. The molecule has 0 heterocycles. The second-order valence-corrected chi connectivity index (χ2v) is 6.30. The SMILES string of the molecule is COc1cc(C)ccc1NC(=O)N(CCO)C1CCc2ccccc21. The summed E-state index contributed by atoms with van der Waals surface area (Å²) in [6.07, 6.45) is 1.82. The van der Waals surface area contributed by atoms with Crippen molar-refractivity contribution in [2.45, 2.75) is 25.8 Å². The van der Waals surface area contributed by atoms with Gasteiger partial charge in [-0.15, -0.1) is 0 Å². The third-order valence-electron chi connectivity index (χ3n) is 4.68. The van der Waals surface area contributed by atoms with Crippen LogP contribution in [0.15, 0.2) is 42.5 Å². The first-order valence-corrected chi connectivity index (χ1v) is 8.55. The van der Waals surface area contributed by atoms with Crippen molar-refractivity contribution in [2.75, 3.05) is 25.6 Å². The average Bonchev–Trinajstić information content (AvgIpc) is 3.04. The molecular formula is C20H24N2O3.